The molecule has 4 heterocycles. The van der Waals surface area contributed by atoms with E-state index in [1.807, 2.05) is 22.7 Å². The van der Waals surface area contributed by atoms with Crippen LogP contribution < -0.4 is 26.2 Å². The first-order valence-corrected chi connectivity index (χ1v) is 24.4. The second-order valence-electron chi connectivity index (χ2n) is 20.6. The fourth-order valence-electron chi connectivity index (χ4n) is 10.7. The Balaban J connectivity index is 1.24. The molecule has 0 amide bonds. The van der Waals surface area contributed by atoms with E-state index < -0.39 is 0 Å². The second kappa shape index (κ2) is 14.6. The van der Waals surface area contributed by atoms with Crippen LogP contribution in [0.4, 0.5) is 34.1 Å². The van der Waals surface area contributed by atoms with E-state index in [4.69, 9.17) is 0 Å². The van der Waals surface area contributed by atoms with E-state index in [9.17, 15) is 0 Å². The number of benzene rings is 7. The van der Waals surface area contributed by atoms with Crippen molar-refractivity contribution in [3.8, 4) is 20.9 Å². The summed E-state index contributed by atoms with van der Waals surface area (Å²) in [6.45, 7) is 25.5. The molecule has 316 valence electrons. The van der Waals surface area contributed by atoms with E-state index >= 15 is 0 Å². The molecule has 11 rings (SSSR count). The second-order valence-corrected chi connectivity index (χ2v) is 22.7. The van der Waals surface area contributed by atoms with Crippen LogP contribution in [0.1, 0.15) is 80.5 Å². The SMILES string of the molecule is Cc1cc2c3c(c1)N(c1c(C)cc(C(C)(C)C)cc1C)c1ccc(-c4cc5ccccc5s4)cc1B3c1cc(-c3cc4ccccc4s3)ccc1N2c1c(C)cc(C(C)(C)C)cc1C. The lowest BCUT2D eigenvalue weighted by Gasteiger charge is -2.46. The number of nitrogens with zero attached hydrogens (tertiary/aromatic N) is 2. The highest BCUT2D eigenvalue weighted by Gasteiger charge is 2.45. The van der Waals surface area contributed by atoms with Crippen molar-refractivity contribution in [1.82, 2.24) is 0 Å². The van der Waals surface area contributed by atoms with Crippen LogP contribution in [0.2, 0.25) is 0 Å². The molecule has 0 unspecified atom stereocenters. The number of hydrogen-bond donors (Lipinski definition) is 0. The Morgan fingerprint density at radius 2 is 0.812 bits per heavy atom. The summed E-state index contributed by atoms with van der Waals surface area (Å²) in [6, 6.07) is 51.7. The molecule has 0 N–H and O–H groups in total. The van der Waals surface area contributed by atoms with Crippen molar-refractivity contribution in [3.05, 3.63) is 172 Å². The van der Waals surface area contributed by atoms with Gasteiger partial charge in [-0.25, -0.2) is 0 Å². The monoisotopic (exact) mass is 866 g/mol. The molecule has 0 atom stereocenters. The molecule has 64 heavy (non-hydrogen) atoms. The lowest BCUT2D eigenvalue weighted by molar-refractivity contribution is 0.589. The van der Waals surface area contributed by atoms with Crippen molar-refractivity contribution in [3.63, 3.8) is 0 Å². The molecule has 0 spiro atoms. The Labute approximate surface area is 387 Å². The van der Waals surface area contributed by atoms with Gasteiger partial charge < -0.3 is 9.80 Å². The molecule has 0 fully saturated rings. The van der Waals surface area contributed by atoms with E-state index in [2.05, 4.69) is 219 Å². The van der Waals surface area contributed by atoms with E-state index in [1.165, 1.54) is 131 Å². The minimum absolute atomic E-state index is 0.00400. The highest BCUT2D eigenvalue weighted by Crippen LogP contribution is 2.49. The summed E-state index contributed by atoms with van der Waals surface area (Å²) >= 11 is 3.78. The molecule has 2 aliphatic heterocycles. The van der Waals surface area contributed by atoms with Crippen molar-refractivity contribution < 1.29 is 0 Å². The molecule has 5 heteroatoms. The van der Waals surface area contributed by atoms with Crippen LogP contribution in [0.5, 0.6) is 0 Å². The predicted octanol–water partition coefficient (Wildman–Crippen LogP) is 15.7. The molecule has 2 aliphatic rings. The number of fused-ring (bicyclic) bond motifs is 6. The van der Waals surface area contributed by atoms with E-state index in [-0.39, 0.29) is 17.5 Å². The molecule has 0 aliphatic carbocycles. The van der Waals surface area contributed by atoms with Crippen LogP contribution in [-0.4, -0.2) is 6.71 Å². The first-order chi connectivity index (χ1) is 30.5. The Hall–Kier alpha value is -5.88. The number of thiophene rings is 2. The molecule has 0 radical (unpaired) electrons. The summed E-state index contributed by atoms with van der Waals surface area (Å²) in [5.41, 5.74) is 23.4. The molecular formula is C59H55BN2S2. The first-order valence-electron chi connectivity index (χ1n) is 22.8. The van der Waals surface area contributed by atoms with Gasteiger partial charge in [-0.05, 0) is 171 Å². The maximum absolute atomic E-state index is 2.63. The average molecular weight is 867 g/mol. The number of anilines is 6. The van der Waals surface area contributed by atoms with Gasteiger partial charge in [0.2, 0.25) is 0 Å². The third kappa shape index (κ3) is 6.49. The average Bonchev–Trinajstić information content (AvgIpc) is 3.89. The molecule has 2 aromatic heterocycles. The molecule has 2 nitrogen and oxygen atoms in total. The topological polar surface area (TPSA) is 6.48 Å². The summed E-state index contributed by atoms with van der Waals surface area (Å²) in [4.78, 5) is 7.86. The van der Waals surface area contributed by atoms with Crippen LogP contribution in [0.25, 0.3) is 41.1 Å². The summed E-state index contributed by atoms with van der Waals surface area (Å²) in [6.07, 6.45) is 0. The van der Waals surface area contributed by atoms with Gasteiger partial charge in [0.25, 0.3) is 6.71 Å². The van der Waals surface area contributed by atoms with E-state index in [1.54, 1.807) is 0 Å². The van der Waals surface area contributed by atoms with Gasteiger partial charge in [-0.15, -0.1) is 22.7 Å². The number of aryl methyl sites for hydroxylation is 5. The normalized spacial score (nSPS) is 13.5. The van der Waals surface area contributed by atoms with Gasteiger partial charge in [-0.1, -0.05) is 126 Å². The van der Waals surface area contributed by atoms with Crippen molar-refractivity contribution in [2.45, 2.75) is 87.0 Å². The molecule has 0 saturated carbocycles. The minimum Gasteiger partial charge on any atom is -0.311 e. The highest BCUT2D eigenvalue weighted by molar-refractivity contribution is 7.22. The molecule has 0 saturated heterocycles. The molecule has 7 aromatic carbocycles. The molecular weight excluding hydrogens is 812 g/mol. The zero-order chi connectivity index (χ0) is 44.6. The van der Waals surface area contributed by atoms with E-state index in [0.717, 1.165) is 0 Å². The van der Waals surface area contributed by atoms with Crippen LogP contribution in [-0.2, 0) is 10.8 Å². The van der Waals surface area contributed by atoms with Crippen molar-refractivity contribution >= 4 is 100 Å². The van der Waals surface area contributed by atoms with E-state index in [0.29, 0.717) is 0 Å². The largest absolute Gasteiger partial charge is 0.311 e. The summed E-state index contributed by atoms with van der Waals surface area (Å²) in [5.74, 6) is 0. The third-order valence-electron chi connectivity index (χ3n) is 13.8. The third-order valence-corrected chi connectivity index (χ3v) is 16.1. The van der Waals surface area contributed by atoms with Gasteiger partial charge in [0.15, 0.2) is 0 Å². The molecule has 9 aromatic rings. The number of rotatable bonds is 4. The fourth-order valence-corrected chi connectivity index (χ4v) is 12.8. The quantitative estimate of drug-likeness (QED) is 0.163. The summed E-state index contributed by atoms with van der Waals surface area (Å²) in [5, 5.41) is 2.59. The Morgan fingerprint density at radius 3 is 1.19 bits per heavy atom. The Bertz CT molecular complexity index is 3060. The van der Waals surface area contributed by atoms with Crippen molar-refractivity contribution in [2.24, 2.45) is 0 Å². The zero-order valence-corrected chi connectivity index (χ0v) is 40.6. The van der Waals surface area contributed by atoms with Gasteiger partial charge in [-0.2, -0.15) is 0 Å². The highest BCUT2D eigenvalue weighted by atomic mass is 32.1. The predicted molar refractivity (Wildman–Crippen MR) is 283 cm³/mol. The first kappa shape index (κ1) is 40.9. The van der Waals surface area contributed by atoms with Crippen LogP contribution >= 0.6 is 22.7 Å². The van der Waals surface area contributed by atoms with Gasteiger partial charge >= 0.3 is 0 Å². The van der Waals surface area contributed by atoms with Crippen molar-refractivity contribution in [1.29, 1.82) is 0 Å². The summed E-state index contributed by atoms with van der Waals surface area (Å²) in [7, 11) is 0. The maximum atomic E-state index is 2.63. The smallest absolute Gasteiger partial charge is 0.252 e. The van der Waals surface area contributed by atoms with Gasteiger partial charge in [0, 0.05) is 41.9 Å². The zero-order valence-electron chi connectivity index (χ0n) is 39.0. The van der Waals surface area contributed by atoms with Crippen LogP contribution in [0.15, 0.2) is 133 Å². The maximum Gasteiger partial charge on any atom is 0.252 e. The minimum atomic E-state index is -0.00400. The molecule has 0 bridgehead atoms. The summed E-state index contributed by atoms with van der Waals surface area (Å²) < 4.78 is 2.64. The van der Waals surface area contributed by atoms with Gasteiger partial charge in [0.05, 0.1) is 11.4 Å². The van der Waals surface area contributed by atoms with Crippen LogP contribution in [0.3, 0.4) is 0 Å². The van der Waals surface area contributed by atoms with Crippen LogP contribution in [0, 0.1) is 34.6 Å². The fraction of sp³-hybridized carbons (Fsp3) is 0.220. The lowest BCUT2D eigenvalue weighted by atomic mass is 9.33. The Morgan fingerprint density at radius 1 is 0.422 bits per heavy atom. The Kier molecular flexibility index (Phi) is 9.31. The lowest BCUT2D eigenvalue weighted by Crippen LogP contribution is -2.61. The number of hydrogen-bond acceptors (Lipinski definition) is 4. The standard InChI is InChI=1S/C59H55BN2S2/c1-34-24-49-55-50(25-34)62(57-37(4)28-44(29-38(57)5)59(9,10)11)48-23-21-42(54-33-40-17-13-15-19-52(40)64-54)31-46(48)60(55)45-30-41(53-32-39-16-12-14-18-51(39)63-53)20-22-47(45)61(49)56-35(2)26-43(27-36(56)3)58(6,7)8/h12-33H,1-11H3. The van der Waals surface area contributed by atoms with Gasteiger partial charge in [-0.3, -0.25) is 0 Å². The van der Waals surface area contributed by atoms with Crippen molar-refractivity contribution in [2.75, 3.05) is 9.80 Å². The van der Waals surface area contributed by atoms with Gasteiger partial charge in [0.1, 0.15) is 0 Å².